The molecule has 148 valence electrons. The number of hydrogen-bond donors (Lipinski definition) is 0. The molecule has 1 heterocycles. The summed E-state index contributed by atoms with van der Waals surface area (Å²) < 4.78 is 20.8. The summed E-state index contributed by atoms with van der Waals surface area (Å²) in [7, 11) is 1.58. The fraction of sp³-hybridized carbons (Fsp3) is 0.136. The van der Waals surface area contributed by atoms with E-state index >= 15 is 0 Å². The van der Waals surface area contributed by atoms with Crippen molar-refractivity contribution in [3.8, 4) is 22.9 Å². The first-order valence-corrected chi connectivity index (χ1v) is 8.83. The summed E-state index contributed by atoms with van der Waals surface area (Å²) >= 11 is 0. The van der Waals surface area contributed by atoms with Crippen LogP contribution in [0.5, 0.6) is 11.5 Å². The third kappa shape index (κ3) is 5.80. The van der Waals surface area contributed by atoms with Gasteiger partial charge in [0.15, 0.2) is 6.61 Å². The minimum absolute atomic E-state index is 0.117. The first-order valence-electron chi connectivity index (χ1n) is 8.83. The molecular formula is C22H20N2O5. The number of benzene rings is 2. The minimum atomic E-state index is -0.516. The number of carbonyl (C=O) groups excluding carboxylic acids is 1. The number of esters is 1. The van der Waals surface area contributed by atoms with E-state index in [1.807, 2.05) is 42.5 Å². The van der Waals surface area contributed by atoms with Crippen LogP contribution in [0.4, 0.5) is 0 Å². The molecule has 0 amide bonds. The van der Waals surface area contributed by atoms with Crippen LogP contribution in [0.2, 0.25) is 0 Å². The van der Waals surface area contributed by atoms with Crippen molar-refractivity contribution in [1.82, 2.24) is 10.1 Å². The van der Waals surface area contributed by atoms with E-state index in [4.69, 9.17) is 18.7 Å². The summed E-state index contributed by atoms with van der Waals surface area (Å²) in [6, 6.07) is 14.6. The van der Waals surface area contributed by atoms with Gasteiger partial charge in [0.05, 0.1) is 7.11 Å². The van der Waals surface area contributed by atoms with Crippen molar-refractivity contribution in [2.45, 2.75) is 6.61 Å². The predicted molar refractivity (Wildman–Crippen MR) is 107 cm³/mol. The maximum absolute atomic E-state index is 11.9. The van der Waals surface area contributed by atoms with Crippen LogP contribution in [0.1, 0.15) is 11.5 Å². The van der Waals surface area contributed by atoms with Gasteiger partial charge in [0.2, 0.25) is 5.82 Å². The van der Waals surface area contributed by atoms with E-state index in [9.17, 15) is 4.79 Å². The van der Waals surface area contributed by atoms with Crippen LogP contribution in [-0.4, -0.2) is 29.8 Å². The zero-order chi connectivity index (χ0) is 20.5. The molecule has 0 aliphatic rings. The Labute approximate surface area is 168 Å². The lowest BCUT2D eigenvalue weighted by Crippen LogP contribution is -2.01. The van der Waals surface area contributed by atoms with Crippen molar-refractivity contribution in [2.75, 3.05) is 13.7 Å². The summed E-state index contributed by atoms with van der Waals surface area (Å²) in [5.41, 5.74) is 1.58. The van der Waals surface area contributed by atoms with Crippen molar-refractivity contribution >= 4 is 12.0 Å². The Hall–Kier alpha value is -3.87. The molecule has 3 aromatic rings. The van der Waals surface area contributed by atoms with E-state index in [-0.39, 0.29) is 12.5 Å². The highest BCUT2D eigenvalue weighted by atomic mass is 16.6. The molecule has 0 spiro atoms. The van der Waals surface area contributed by atoms with Crippen LogP contribution >= 0.6 is 0 Å². The Kier molecular flexibility index (Phi) is 6.78. The first kappa shape index (κ1) is 19.9. The summed E-state index contributed by atoms with van der Waals surface area (Å²) in [5, 5.41) is 3.89. The molecule has 2 aromatic carbocycles. The summed E-state index contributed by atoms with van der Waals surface area (Å²) in [4.78, 5) is 16.1. The second-order valence-electron chi connectivity index (χ2n) is 5.85. The quantitative estimate of drug-likeness (QED) is 0.308. The highest BCUT2D eigenvalue weighted by Crippen LogP contribution is 2.21. The van der Waals surface area contributed by atoms with Crippen molar-refractivity contribution in [3.63, 3.8) is 0 Å². The second kappa shape index (κ2) is 9.89. The third-order valence-corrected chi connectivity index (χ3v) is 3.79. The third-order valence-electron chi connectivity index (χ3n) is 3.79. The van der Waals surface area contributed by atoms with E-state index < -0.39 is 5.97 Å². The Morgan fingerprint density at radius 3 is 2.76 bits per heavy atom. The molecule has 7 nitrogen and oxygen atoms in total. The largest absolute Gasteiger partial charge is 0.497 e. The standard InChI is InChI=1S/C22H20N2O5/c1-3-13-27-18-10-7-16(8-11-18)9-12-21(25)28-15-20-23-22(24-29-20)17-5-4-6-19(14-17)26-2/h3-12,14H,1,13,15H2,2H3/b12-9+. The molecule has 0 aliphatic heterocycles. The van der Waals surface area contributed by atoms with Gasteiger partial charge in [0.1, 0.15) is 18.1 Å². The molecule has 0 atom stereocenters. The molecule has 3 rings (SSSR count). The van der Waals surface area contributed by atoms with Crippen molar-refractivity contribution in [2.24, 2.45) is 0 Å². The van der Waals surface area contributed by atoms with Crippen LogP contribution < -0.4 is 9.47 Å². The molecule has 0 aliphatic carbocycles. The van der Waals surface area contributed by atoms with Gasteiger partial charge in [0.25, 0.3) is 5.89 Å². The molecule has 7 heteroatoms. The highest BCUT2D eigenvalue weighted by Gasteiger charge is 2.11. The SMILES string of the molecule is C=CCOc1ccc(/C=C/C(=O)OCc2nc(-c3cccc(OC)c3)no2)cc1. The Bertz CT molecular complexity index is 992. The normalized spacial score (nSPS) is 10.7. The number of rotatable bonds is 9. The maximum atomic E-state index is 11.9. The molecule has 0 fully saturated rings. The summed E-state index contributed by atoms with van der Waals surface area (Å²) in [5.74, 6) is 1.49. The Morgan fingerprint density at radius 2 is 2.00 bits per heavy atom. The van der Waals surface area contributed by atoms with Gasteiger partial charge in [0, 0.05) is 11.6 Å². The summed E-state index contributed by atoms with van der Waals surface area (Å²) in [6.07, 6.45) is 4.65. The fourth-order valence-corrected chi connectivity index (χ4v) is 2.37. The molecule has 0 saturated carbocycles. The molecule has 0 bridgehead atoms. The van der Waals surface area contributed by atoms with E-state index in [1.165, 1.54) is 6.08 Å². The second-order valence-corrected chi connectivity index (χ2v) is 5.85. The lowest BCUT2D eigenvalue weighted by atomic mass is 10.2. The minimum Gasteiger partial charge on any atom is -0.497 e. The van der Waals surface area contributed by atoms with Gasteiger partial charge < -0.3 is 18.7 Å². The highest BCUT2D eigenvalue weighted by molar-refractivity contribution is 5.87. The van der Waals surface area contributed by atoms with Gasteiger partial charge >= 0.3 is 5.97 Å². The van der Waals surface area contributed by atoms with E-state index in [0.29, 0.717) is 18.2 Å². The number of nitrogens with zero attached hydrogens (tertiary/aromatic N) is 2. The topological polar surface area (TPSA) is 83.7 Å². The van der Waals surface area contributed by atoms with Crippen LogP contribution in [0, 0.1) is 0 Å². The number of ether oxygens (including phenoxy) is 3. The van der Waals surface area contributed by atoms with Crippen LogP contribution in [0.25, 0.3) is 17.5 Å². The maximum Gasteiger partial charge on any atom is 0.331 e. The lowest BCUT2D eigenvalue weighted by Gasteiger charge is -2.02. The van der Waals surface area contributed by atoms with E-state index in [2.05, 4.69) is 16.7 Å². The number of aromatic nitrogens is 2. The van der Waals surface area contributed by atoms with Crippen molar-refractivity contribution in [1.29, 1.82) is 0 Å². The molecular weight excluding hydrogens is 372 g/mol. The van der Waals surface area contributed by atoms with Crippen molar-refractivity contribution < 1.29 is 23.5 Å². The number of hydrogen-bond acceptors (Lipinski definition) is 7. The molecule has 0 N–H and O–H groups in total. The molecule has 0 unspecified atom stereocenters. The number of methoxy groups -OCH3 is 1. The monoisotopic (exact) mass is 392 g/mol. The fourth-order valence-electron chi connectivity index (χ4n) is 2.37. The molecule has 1 aromatic heterocycles. The average Bonchev–Trinajstić information content (AvgIpc) is 3.25. The van der Waals surface area contributed by atoms with Crippen LogP contribution in [0.3, 0.4) is 0 Å². The van der Waals surface area contributed by atoms with Gasteiger partial charge in [-0.25, -0.2) is 4.79 Å². The zero-order valence-corrected chi connectivity index (χ0v) is 15.9. The Morgan fingerprint density at radius 1 is 1.17 bits per heavy atom. The van der Waals surface area contributed by atoms with Gasteiger partial charge in [-0.3, -0.25) is 0 Å². The smallest absolute Gasteiger partial charge is 0.331 e. The van der Waals surface area contributed by atoms with Crippen LogP contribution in [-0.2, 0) is 16.1 Å². The zero-order valence-electron chi connectivity index (χ0n) is 15.9. The van der Waals surface area contributed by atoms with E-state index in [1.54, 1.807) is 25.3 Å². The van der Waals surface area contributed by atoms with Gasteiger partial charge in [-0.1, -0.05) is 42.1 Å². The number of carbonyl (C=O) groups is 1. The van der Waals surface area contributed by atoms with Gasteiger partial charge in [-0.2, -0.15) is 4.98 Å². The van der Waals surface area contributed by atoms with Crippen molar-refractivity contribution in [3.05, 3.63) is 78.7 Å². The molecule has 0 radical (unpaired) electrons. The molecule has 29 heavy (non-hydrogen) atoms. The van der Waals surface area contributed by atoms with Crippen LogP contribution in [0.15, 0.2) is 71.8 Å². The average molecular weight is 392 g/mol. The van der Waals surface area contributed by atoms with E-state index in [0.717, 1.165) is 16.9 Å². The summed E-state index contributed by atoms with van der Waals surface area (Å²) in [6.45, 7) is 3.92. The van der Waals surface area contributed by atoms with Gasteiger partial charge in [-0.05, 0) is 35.9 Å². The molecule has 0 saturated heterocycles. The predicted octanol–water partition coefficient (Wildman–Crippen LogP) is 4.07. The Balaban J connectivity index is 1.52. The van der Waals surface area contributed by atoms with Gasteiger partial charge in [-0.15, -0.1) is 0 Å². The lowest BCUT2D eigenvalue weighted by molar-refractivity contribution is -0.139. The first-order chi connectivity index (χ1) is 14.2.